The van der Waals surface area contributed by atoms with Crippen molar-refractivity contribution in [1.82, 2.24) is 5.32 Å². The second kappa shape index (κ2) is 5.41. The number of hydrogen-bond donors (Lipinski definition) is 1. The lowest BCUT2D eigenvalue weighted by Crippen LogP contribution is -2.23. The van der Waals surface area contributed by atoms with E-state index in [1.807, 2.05) is 0 Å². The number of rotatable bonds is 5. The van der Waals surface area contributed by atoms with Crippen molar-refractivity contribution in [3.63, 3.8) is 0 Å². The second-order valence-electron chi connectivity index (χ2n) is 4.39. The third kappa shape index (κ3) is 2.39. The Bertz CT molecular complexity index is 390. The summed E-state index contributed by atoms with van der Waals surface area (Å²) < 4.78 is 11.1. The zero-order valence-electron chi connectivity index (χ0n) is 10.9. The van der Waals surface area contributed by atoms with Crippen LogP contribution >= 0.6 is 0 Å². The van der Waals surface area contributed by atoms with Gasteiger partial charge in [-0.25, -0.2) is 0 Å². The summed E-state index contributed by atoms with van der Waals surface area (Å²) in [5, 5.41) is 3.51. The molecule has 0 saturated carbocycles. The van der Waals surface area contributed by atoms with E-state index >= 15 is 0 Å². The van der Waals surface area contributed by atoms with E-state index in [2.05, 4.69) is 31.3 Å². The van der Waals surface area contributed by atoms with Crippen LogP contribution in [0.3, 0.4) is 0 Å². The lowest BCUT2D eigenvalue weighted by Gasteiger charge is -2.12. The van der Waals surface area contributed by atoms with Gasteiger partial charge < -0.3 is 14.8 Å². The van der Waals surface area contributed by atoms with Gasteiger partial charge in [0.15, 0.2) is 11.5 Å². The second-order valence-corrected chi connectivity index (χ2v) is 4.39. The van der Waals surface area contributed by atoms with Crippen LogP contribution in [0, 0.1) is 0 Å². The molecule has 0 spiro atoms. The van der Waals surface area contributed by atoms with Crippen molar-refractivity contribution < 1.29 is 9.47 Å². The maximum atomic E-state index is 5.74. The zero-order valence-corrected chi connectivity index (χ0v) is 10.9. The monoisotopic (exact) mass is 235 g/mol. The molecule has 1 atom stereocenters. The van der Waals surface area contributed by atoms with Crippen molar-refractivity contribution in [1.29, 1.82) is 0 Å². The number of aryl methyl sites for hydroxylation is 1. The van der Waals surface area contributed by atoms with E-state index in [9.17, 15) is 0 Å². The number of fused-ring (bicyclic) bond motifs is 1. The number of methoxy groups -OCH3 is 1. The Hall–Kier alpha value is -1.22. The van der Waals surface area contributed by atoms with E-state index in [4.69, 9.17) is 9.47 Å². The molecule has 17 heavy (non-hydrogen) atoms. The van der Waals surface area contributed by atoms with E-state index < -0.39 is 0 Å². The third-order valence-corrected chi connectivity index (χ3v) is 3.18. The van der Waals surface area contributed by atoms with E-state index in [-0.39, 0.29) is 0 Å². The molecule has 1 aliphatic heterocycles. The standard InChI is InChI=1S/C14H21NO2/c1-4-6-15-12-9-17-14-11(12)7-10(5-2)8-13(14)16-3/h7-8,12,15H,4-6,9H2,1-3H3. The average molecular weight is 235 g/mol. The summed E-state index contributed by atoms with van der Waals surface area (Å²) in [7, 11) is 1.70. The minimum atomic E-state index is 0.311. The van der Waals surface area contributed by atoms with E-state index in [0.29, 0.717) is 12.6 Å². The Morgan fingerprint density at radius 1 is 1.41 bits per heavy atom. The van der Waals surface area contributed by atoms with Gasteiger partial charge >= 0.3 is 0 Å². The third-order valence-electron chi connectivity index (χ3n) is 3.18. The molecule has 0 saturated heterocycles. The molecule has 1 aromatic rings. The SMILES string of the molecule is CCCNC1COc2c(OC)cc(CC)cc21. The van der Waals surface area contributed by atoms with Gasteiger partial charge in [0.2, 0.25) is 0 Å². The highest BCUT2D eigenvalue weighted by Gasteiger charge is 2.27. The van der Waals surface area contributed by atoms with Gasteiger partial charge in [0, 0.05) is 5.56 Å². The summed E-state index contributed by atoms with van der Waals surface area (Å²) >= 11 is 0. The minimum absolute atomic E-state index is 0.311. The predicted octanol–water partition coefficient (Wildman–Crippen LogP) is 2.69. The molecular formula is C14H21NO2. The van der Waals surface area contributed by atoms with Gasteiger partial charge in [-0.05, 0) is 31.0 Å². The first-order valence-electron chi connectivity index (χ1n) is 6.37. The number of hydrogen-bond acceptors (Lipinski definition) is 3. The van der Waals surface area contributed by atoms with Crippen LogP contribution in [0.25, 0.3) is 0 Å². The van der Waals surface area contributed by atoms with Crippen molar-refractivity contribution in [2.75, 3.05) is 20.3 Å². The fraction of sp³-hybridized carbons (Fsp3) is 0.571. The van der Waals surface area contributed by atoms with Crippen LogP contribution in [0.4, 0.5) is 0 Å². The van der Waals surface area contributed by atoms with Gasteiger partial charge in [0.05, 0.1) is 13.2 Å². The Balaban J connectivity index is 2.30. The smallest absolute Gasteiger partial charge is 0.166 e. The predicted molar refractivity (Wildman–Crippen MR) is 68.9 cm³/mol. The molecule has 0 aromatic heterocycles. The van der Waals surface area contributed by atoms with Crippen molar-refractivity contribution in [2.45, 2.75) is 32.7 Å². The summed E-state index contributed by atoms with van der Waals surface area (Å²) in [5.74, 6) is 1.78. The summed E-state index contributed by atoms with van der Waals surface area (Å²) in [6.07, 6.45) is 2.15. The molecular weight excluding hydrogens is 214 g/mol. The van der Waals surface area contributed by atoms with Crippen LogP contribution in [0.15, 0.2) is 12.1 Å². The number of ether oxygens (including phenoxy) is 2. The summed E-state index contributed by atoms with van der Waals surface area (Å²) in [6.45, 7) is 6.06. The molecule has 1 aromatic carbocycles. The Morgan fingerprint density at radius 2 is 2.24 bits per heavy atom. The highest BCUT2D eigenvalue weighted by atomic mass is 16.5. The summed E-state index contributed by atoms with van der Waals surface area (Å²) in [4.78, 5) is 0. The Labute approximate surface area is 103 Å². The molecule has 1 heterocycles. The summed E-state index contributed by atoms with van der Waals surface area (Å²) in [5.41, 5.74) is 2.55. The molecule has 3 heteroatoms. The highest BCUT2D eigenvalue weighted by Crippen LogP contribution is 2.41. The van der Waals surface area contributed by atoms with Gasteiger partial charge in [0.1, 0.15) is 6.61 Å². The Kier molecular flexibility index (Phi) is 3.89. The Morgan fingerprint density at radius 3 is 2.88 bits per heavy atom. The highest BCUT2D eigenvalue weighted by molar-refractivity contribution is 5.53. The molecule has 1 aliphatic rings. The molecule has 3 nitrogen and oxygen atoms in total. The molecule has 1 unspecified atom stereocenters. The first-order chi connectivity index (χ1) is 8.30. The molecule has 0 amide bonds. The van der Waals surface area contributed by atoms with E-state index in [1.165, 1.54) is 11.1 Å². The maximum absolute atomic E-state index is 5.74. The van der Waals surface area contributed by atoms with Crippen molar-refractivity contribution in [3.05, 3.63) is 23.3 Å². The molecule has 0 radical (unpaired) electrons. The van der Waals surface area contributed by atoms with E-state index in [0.717, 1.165) is 30.9 Å². The molecule has 94 valence electrons. The van der Waals surface area contributed by atoms with Crippen LogP contribution < -0.4 is 14.8 Å². The van der Waals surface area contributed by atoms with E-state index in [1.54, 1.807) is 7.11 Å². The minimum Gasteiger partial charge on any atom is -0.493 e. The molecule has 1 N–H and O–H groups in total. The fourth-order valence-electron chi connectivity index (χ4n) is 2.20. The fourth-order valence-corrected chi connectivity index (χ4v) is 2.20. The zero-order chi connectivity index (χ0) is 12.3. The van der Waals surface area contributed by atoms with Crippen LogP contribution in [-0.2, 0) is 6.42 Å². The lowest BCUT2D eigenvalue weighted by atomic mass is 10.0. The van der Waals surface area contributed by atoms with Crippen LogP contribution in [0.2, 0.25) is 0 Å². The first-order valence-corrected chi connectivity index (χ1v) is 6.37. The summed E-state index contributed by atoms with van der Waals surface area (Å²) in [6, 6.07) is 4.62. The molecule has 0 fully saturated rings. The van der Waals surface area contributed by atoms with Gasteiger partial charge in [-0.2, -0.15) is 0 Å². The molecule has 0 bridgehead atoms. The topological polar surface area (TPSA) is 30.5 Å². The lowest BCUT2D eigenvalue weighted by molar-refractivity contribution is 0.296. The molecule has 2 rings (SSSR count). The quantitative estimate of drug-likeness (QED) is 0.851. The van der Waals surface area contributed by atoms with Crippen LogP contribution in [-0.4, -0.2) is 20.3 Å². The van der Waals surface area contributed by atoms with Crippen LogP contribution in [0.1, 0.15) is 37.4 Å². The first kappa shape index (κ1) is 12.2. The largest absolute Gasteiger partial charge is 0.493 e. The van der Waals surface area contributed by atoms with Gasteiger partial charge in [0.25, 0.3) is 0 Å². The molecule has 0 aliphatic carbocycles. The van der Waals surface area contributed by atoms with Crippen molar-refractivity contribution >= 4 is 0 Å². The van der Waals surface area contributed by atoms with Gasteiger partial charge in [-0.15, -0.1) is 0 Å². The van der Waals surface area contributed by atoms with Crippen molar-refractivity contribution in [2.24, 2.45) is 0 Å². The average Bonchev–Trinajstić information content (AvgIpc) is 2.78. The number of nitrogens with one attached hydrogen (secondary N) is 1. The van der Waals surface area contributed by atoms with Gasteiger partial charge in [-0.1, -0.05) is 19.9 Å². The van der Waals surface area contributed by atoms with Crippen LogP contribution in [0.5, 0.6) is 11.5 Å². The number of benzene rings is 1. The normalized spacial score (nSPS) is 17.7. The maximum Gasteiger partial charge on any atom is 0.166 e. The van der Waals surface area contributed by atoms with Gasteiger partial charge in [-0.3, -0.25) is 0 Å². The van der Waals surface area contributed by atoms with Crippen molar-refractivity contribution in [3.8, 4) is 11.5 Å².